The highest BCUT2D eigenvalue weighted by Gasteiger charge is 2.15. The molecule has 4 aromatic rings. The topological polar surface area (TPSA) is 88.9 Å². The van der Waals surface area contributed by atoms with Gasteiger partial charge in [-0.1, -0.05) is 17.7 Å². The van der Waals surface area contributed by atoms with E-state index in [2.05, 4.69) is 20.1 Å². The van der Waals surface area contributed by atoms with E-state index in [1.165, 1.54) is 41.8 Å². The van der Waals surface area contributed by atoms with Gasteiger partial charge in [-0.25, -0.2) is 17.8 Å². The Morgan fingerprint density at radius 2 is 1.94 bits per heavy atom. The smallest absolute Gasteiger partial charge is 0.263 e. The molecule has 0 aliphatic rings. The molecule has 7 nitrogen and oxygen atoms in total. The lowest BCUT2D eigenvalue weighted by Crippen LogP contribution is -2.12. The molecule has 0 atom stereocenters. The third kappa shape index (κ3) is 5.04. The third-order valence-corrected chi connectivity index (χ3v) is 6.87. The summed E-state index contributed by atoms with van der Waals surface area (Å²) in [4.78, 5) is 4.06. The maximum absolute atomic E-state index is 13.7. The van der Waals surface area contributed by atoms with E-state index in [4.69, 9.17) is 11.6 Å². The molecule has 0 aliphatic heterocycles. The van der Waals surface area contributed by atoms with E-state index in [1.807, 2.05) is 6.07 Å². The van der Waals surface area contributed by atoms with Crippen molar-refractivity contribution in [1.29, 1.82) is 0 Å². The van der Waals surface area contributed by atoms with Crippen LogP contribution in [0.2, 0.25) is 5.02 Å². The minimum atomic E-state index is -3.71. The summed E-state index contributed by atoms with van der Waals surface area (Å²) in [5, 5.41) is 9.73. The van der Waals surface area contributed by atoms with E-state index in [-0.39, 0.29) is 9.92 Å². The number of aromatic nitrogens is 3. The van der Waals surface area contributed by atoms with Crippen molar-refractivity contribution in [1.82, 2.24) is 14.8 Å². The predicted molar refractivity (Wildman–Crippen MR) is 120 cm³/mol. The summed E-state index contributed by atoms with van der Waals surface area (Å²) in [7, 11) is -1.92. The molecule has 11 heteroatoms. The first-order valence-electron chi connectivity index (χ1n) is 9.06. The van der Waals surface area contributed by atoms with Crippen LogP contribution in [0.25, 0.3) is 0 Å². The maximum atomic E-state index is 13.7. The number of rotatable bonds is 7. The SMILES string of the molecule is Cn1nc(Cc2ccc(Cl)c(F)c2)cc1Nc1ccc(S(=O)(=O)Nc2nccs2)cc1. The summed E-state index contributed by atoms with van der Waals surface area (Å²) >= 11 is 6.93. The van der Waals surface area contributed by atoms with Crippen LogP contribution >= 0.6 is 22.9 Å². The first-order chi connectivity index (χ1) is 14.8. The van der Waals surface area contributed by atoms with Gasteiger partial charge in [0.15, 0.2) is 5.13 Å². The molecule has 0 spiro atoms. The van der Waals surface area contributed by atoms with Gasteiger partial charge in [-0.15, -0.1) is 11.3 Å². The zero-order valence-corrected chi connectivity index (χ0v) is 18.6. The molecule has 2 heterocycles. The summed E-state index contributed by atoms with van der Waals surface area (Å²) in [6.45, 7) is 0. The second kappa shape index (κ2) is 8.66. The van der Waals surface area contributed by atoms with Crippen LogP contribution < -0.4 is 10.0 Å². The number of hydrogen-bond donors (Lipinski definition) is 2. The molecule has 0 fully saturated rings. The summed E-state index contributed by atoms with van der Waals surface area (Å²) in [6.07, 6.45) is 1.98. The lowest BCUT2D eigenvalue weighted by molar-refractivity contribution is 0.601. The molecule has 4 rings (SSSR count). The number of nitrogens with zero attached hydrogens (tertiary/aromatic N) is 3. The highest BCUT2D eigenvalue weighted by Crippen LogP contribution is 2.23. The summed E-state index contributed by atoms with van der Waals surface area (Å²) < 4.78 is 42.6. The van der Waals surface area contributed by atoms with E-state index < -0.39 is 15.8 Å². The van der Waals surface area contributed by atoms with Crippen molar-refractivity contribution >= 4 is 49.6 Å². The Bertz CT molecular complexity index is 1310. The molecule has 0 aliphatic carbocycles. The second-order valence-electron chi connectivity index (χ2n) is 6.66. The van der Waals surface area contributed by atoms with E-state index >= 15 is 0 Å². The van der Waals surface area contributed by atoms with Crippen molar-refractivity contribution < 1.29 is 12.8 Å². The normalized spacial score (nSPS) is 11.5. The molecular formula is C20H17ClFN5O2S2. The van der Waals surface area contributed by atoms with E-state index in [0.29, 0.717) is 23.1 Å². The Morgan fingerprint density at radius 3 is 2.61 bits per heavy atom. The van der Waals surface area contributed by atoms with Gasteiger partial charge in [-0.3, -0.25) is 9.40 Å². The largest absolute Gasteiger partial charge is 0.340 e. The molecule has 2 aromatic heterocycles. The Hall–Kier alpha value is -2.95. The molecule has 160 valence electrons. The first-order valence-corrected chi connectivity index (χ1v) is 11.8. The zero-order valence-electron chi connectivity index (χ0n) is 16.2. The third-order valence-electron chi connectivity index (χ3n) is 4.39. The van der Waals surface area contributed by atoms with E-state index in [1.54, 1.807) is 35.3 Å². The van der Waals surface area contributed by atoms with Gasteiger partial charge >= 0.3 is 0 Å². The van der Waals surface area contributed by atoms with Crippen LogP contribution in [0.5, 0.6) is 0 Å². The standard InChI is InChI=1S/C20H17ClFN5O2S2/c1-27-19(12-15(25-27)10-13-2-7-17(21)18(22)11-13)24-14-3-5-16(6-4-14)31(28,29)26-20-23-8-9-30-20/h2-9,11-12,24H,10H2,1H3,(H,23,26). The molecule has 0 unspecified atom stereocenters. The average Bonchev–Trinajstić information content (AvgIpc) is 3.34. The van der Waals surface area contributed by atoms with Crippen LogP contribution in [0.3, 0.4) is 0 Å². The zero-order chi connectivity index (χ0) is 22.0. The van der Waals surface area contributed by atoms with Crippen LogP contribution in [0, 0.1) is 5.82 Å². The highest BCUT2D eigenvalue weighted by atomic mass is 35.5. The van der Waals surface area contributed by atoms with Crippen LogP contribution in [-0.4, -0.2) is 23.2 Å². The lowest BCUT2D eigenvalue weighted by Gasteiger charge is -2.08. The molecule has 0 bridgehead atoms. The van der Waals surface area contributed by atoms with Gasteiger partial charge in [0, 0.05) is 36.8 Å². The molecule has 0 amide bonds. The fourth-order valence-electron chi connectivity index (χ4n) is 2.90. The number of sulfonamides is 1. The Kier molecular flexibility index (Phi) is 5.94. The van der Waals surface area contributed by atoms with Crippen molar-refractivity contribution in [3.8, 4) is 0 Å². The van der Waals surface area contributed by atoms with Crippen molar-refractivity contribution in [2.24, 2.45) is 7.05 Å². The number of thiazole rings is 1. The van der Waals surface area contributed by atoms with Gasteiger partial charge in [0.05, 0.1) is 15.6 Å². The fraction of sp³-hybridized carbons (Fsp3) is 0.100. The molecule has 0 saturated heterocycles. The second-order valence-corrected chi connectivity index (χ2v) is 9.65. The Labute approximate surface area is 187 Å². The van der Waals surface area contributed by atoms with Gasteiger partial charge < -0.3 is 5.32 Å². The predicted octanol–water partition coefficient (Wildman–Crippen LogP) is 4.80. The van der Waals surface area contributed by atoms with Crippen molar-refractivity contribution in [3.63, 3.8) is 0 Å². The Morgan fingerprint density at radius 1 is 1.16 bits per heavy atom. The number of nitrogens with one attached hydrogen (secondary N) is 2. The van der Waals surface area contributed by atoms with Gasteiger partial charge in [0.25, 0.3) is 10.0 Å². The molecule has 0 saturated carbocycles. The van der Waals surface area contributed by atoms with Crippen LogP contribution in [0.15, 0.2) is 65.0 Å². The van der Waals surface area contributed by atoms with Crippen molar-refractivity contribution in [2.75, 3.05) is 10.0 Å². The number of hydrogen-bond acceptors (Lipinski definition) is 6. The van der Waals surface area contributed by atoms with Crippen molar-refractivity contribution in [2.45, 2.75) is 11.3 Å². The van der Waals surface area contributed by atoms with Crippen LogP contribution in [-0.2, 0) is 23.5 Å². The monoisotopic (exact) mass is 477 g/mol. The summed E-state index contributed by atoms with van der Waals surface area (Å²) in [5.74, 6) is 0.244. The molecular weight excluding hydrogens is 461 g/mol. The fourth-order valence-corrected chi connectivity index (χ4v) is 4.81. The van der Waals surface area contributed by atoms with Crippen molar-refractivity contribution in [3.05, 3.63) is 82.2 Å². The van der Waals surface area contributed by atoms with Gasteiger partial charge in [-0.05, 0) is 42.0 Å². The van der Waals surface area contributed by atoms with Crippen LogP contribution in [0.1, 0.15) is 11.3 Å². The Balaban J connectivity index is 1.46. The summed E-state index contributed by atoms with van der Waals surface area (Å²) in [6, 6.07) is 12.9. The van der Waals surface area contributed by atoms with Gasteiger partial charge in [0.1, 0.15) is 11.6 Å². The minimum Gasteiger partial charge on any atom is -0.340 e. The number of benzene rings is 2. The molecule has 0 radical (unpaired) electrons. The first kappa shape index (κ1) is 21.3. The van der Waals surface area contributed by atoms with Gasteiger partial charge in [0.2, 0.25) is 0 Å². The summed E-state index contributed by atoms with van der Waals surface area (Å²) in [5.41, 5.74) is 2.20. The van der Waals surface area contributed by atoms with E-state index in [0.717, 1.165) is 11.3 Å². The molecule has 2 N–H and O–H groups in total. The number of aryl methyl sites for hydroxylation is 1. The van der Waals surface area contributed by atoms with Gasteiger partial charge in [-0.2, -0.15) is 5.10 Å². The average molecular weight is 478 g/mol. The number of anilines is 3. The van der Waals surface area contributed by atoms with Crippen LogP contribution in [0.4, 0.5) is 21.0 Å². The van der Waals surface area contributed by atoms with E-state index in [9.17, 15) is 12.8 Å². The minimum absolute atomic E-state index is 0.0828. The number of halogens is 2. The molecule has 2 aromatic carbocycles. The maximum Gasteiger partial charge on any atom is 0.263 e. The highest BCUT2D eigenvalue weighted by molar-refractivity contribution is 7.93. The quantitative estimate of drug-likeness (QED) is 0.399. The molecule has 31 heavy (non-hydrogen) atoms. The lowest BCUT2D eigenvalue weighted by atomic mass is 10.1.